The molecule has 0 spiro atoms. The molecule has 5 heteroatoms. The van der Waals surface area contributed by atoms with Gasteiger partial charge in [0.1, 0.15) is 6.54 Å². The smallest absolute Gasteiger partial charge is 0.325 e. The van der Waals surface area contributed by atoms with Crippen LogP contribution in [0.3, 0.4) is 0 Å². The first-order chi connectivity index (χ1) is 7.84. The van der Waals surface area contributed by atoms with Crippen LogP contribution in [0.1, 0.15) is 40.0 Å². The van der Waals surface area contributed by atoms with E-state index in [2.05, 4.69) is 19.1 Å². The molecule has 17 heavy (non-hydrogen) atoms. The first-order valence-electron chi connectivity index (χ1n) is 6.16. The van der Waals surface area contributed by atoms with Crippen molar-refractivity contribution in [1.29, 1.82) is 0 Å². The third-order valence-electron chi connectivity index (χ3n) is 5.47. The largest absolute Gasteiger partial charge is 0.480 e. The van der Waals surface area contributed by atoms with Crippen LogP contribution in [0.15, 0.2) is 5.29 Å². The highest BCUT2D eigenvalue weighted by molar-refractivity contribution is 5.69. The lowest BCUT2D eigenvalue weighted by atomic mass is 9.63. The first kappa shape index (κ1) is 12.3. The molecule has 5 nitrogen and oxygen atoms in total. The summed E-state index contributed by atoms with van der Waals surface area (Å²) in [5.74, 6) is -0.0282. The van der Waals surface area contributed by atoms with Gasteiger partial charge in [0.25, 0.3) is 0 Å². The number of carboxylic acid groups (broad SMARTS) is 1. The average Bonchev–Trinajstić information content (AvgIpc) is 2.78. The molecule has 3 atom stereocenters. The molecule has 2 fully saturated rings. The molecular formula is C12H20N2O3. The fraction of sp³-hybridized carbons (Fsp3) is 0.917. The van der Waals surface area contributed by atoms with Crippen molar-refractivity contribution >= 4 is 5.97 Å². The Hall–Kier alpha value is -1.13. The summed E-state index contributed by atoms with van der Waals surface area (Å²) in [6.07, 6.45) is 3.36. The van der Waals surface area contributed by atoms with Gasteiger partial charge in [-0.1, -0.05) is 13.8 Å². The van der Waals surface area contributed by atoms with E-state index in [0.29, 0.717) is 11.8 Å². The van der Waals surface area contributed by atoms with Gasteiger partial charge >= 0.3 is 5.97 Å². The highest BCUT2D eigenvalue weighted by Gasteiger charge is 2.63. The van der Waals surface area contributed by atoms with Gasteiger partial charge in [0.2, 0.25) is 0 Å². The minimum atomic E-state index is -0.996. The van der Waals surface area contributed by atoms with Crippen LogP contribution in [-0.4, -0.2) is 28.2 Å². The molecule has 2 aliphatic rings. The Morgan fingerprint density at radius 1 is 1.35 bits per heavy atom. The van der Waals surface area contributed by atoms with Crippen LogP contribution in [0, 0.1) is 22.2 Å². The van der Waals surface area contributed by atoms with Gasteiger partial charge in [-0.05, 0) is 43.4 Å². The summed E-state index contributed by atoms with van der Waals surface area (Å²) in [4.78, 5) is 21.9. The van der Waals surface area contributed by atoms with E-state index < -0.39 is 11.5 Å². The molecule has 1 N–H and O–H groups in total. The number of nitroso groups, excluding NO2 is 1. The zero-order valence-electron chi connectivity index (χ0n) is 10.6. The van der Waals surface area contributed by atoms with E-state index in [9.17, 15) is 9.70 Å². The predicted octanol–water partition coefficient (Wildman–Crippen LogP) is 2.27. The Labute approximate surface area is 101 Å². The van der Waals surface area contributed by atoms with E-state index >= 15 is 0 Å². The van der Waals surface area contributed by atoms with Crippen LogP contribution in [0.4, 0.5) is 0 Å². The zero-order valence-corrected chi connectivity index (χ0v) is 10.6. The molecule has 0 aromatic heterocycles. The minimum absolute atomic E-state index is 0.0563. The normalized spacial score (nSPS) is 38.1. The van der Waals surface area contributed by atoms with Gasteiger partial charge < -0.3 is 5.11 Å². The molecule has 96 valence electrons. The summed E-state index contributed by atoms with van der Waals surface area (Å²) < 4.78 is 0. The fourth-order valence-corrected chi connectivity index (χ4v) is 4.04. The highest BCUT2D eigenvalue weighted by Crippen LogP contribution is 2.63. The Bertz CT molecular complexity index is 356. The lowest BCUT2D eigenvalue weighted by Crippen LogP contribution is -2.58. The summed E-state index contributed by atoms with van der Waals surface area (Å²) in [5, 5.41) is 13.2. The number of carboxylic acids is 1. The van der Waals surface area contributed by atoms with E-state index in [1.165, 1.54) is 11.4 Å². The third kappa shape index (κ3) is 1.47. The number of carbonyl (C=O) groups is 1. The second-order valence-corrected chi connectivity index (χ2v) is 6.11. The van der Waals surface area contributed by atoms with Crippen LogP contribution in [0.25, 0.3) is 0 Å². The van der Waals surface area contributed by atoms with Crippen LogP contribution >= 0.6 is 0 Å². The van der Waals surface area contributed by atoms with Crippen molar-refractivity contribution in [2.75, 3.05) is 6.54 Å². The number of hydrogen-bond donors (Lipinski definition) is 1. The molecule has 0 heterocycles. The topological polar surface area (TPSA) is 70.0 Å². The van der Waals surface area contributed by atoms with Crippen molar-refractivity contribution in [3.63, 3.8) is 0 Å². The van der Waals surface area contributed by atoms with E-state index in [1.54, 1.807) is 0 Å². The second-order valence-electron chi connectivity index (χ2n) is 6.11. The summed E-state index contributed by atoms with van der Waals surface area (Å²) in [6, 6.07) is 0. The maximum atomic E-state index is 11.0. The number of nitrogens with zero attached hydrogens (tertiary/aromatic N) is 2. The van der Waals surface area contributed by atoms with Crippen molar-refractivity contribution < 1.29 is 9.90 Å². The summed E-state index contributed by atoms with van der Waals surface area (Å²) in [7, 11) is 0. The zero-order chi connectivity index (χ0) is 12.8. The second kappa shape index (κ2) is 3.68. The number of fused-ring (bicyclic) bond motifs is 2. The Kier molecular flexibility index (Phi) is 2.67. The summed E-state index contributed by atoms with van der Waals surface area (Å²) >= 11 is 0. The lowest BCUT2D eigenvalue weighted by molar-refractivity contribution is -0.143. The molecule has 0 saturated heterocycles. The van der Waals surface area contributed by atoms with E-state index in [4.69, 9.17) is 5.11 Å². The van der Waals surface area contributed by atoms with Crippen LogP contribution in [0.2, 0.25) is 0 Å². The molecular weight excluding hydrogens is 220 g/mol. The molecule has 3 unspecified atom stereocenters. The summed E-state index contributed by atoms with van der Waals surface area (Å²) in [5.41, 5.74) is -0.477. The van der Waals surface area contributed by atoms with Crippen molar-refractivity contribution in [2.45, 2.75) is 45.6 Å². The number of aliphatic carboxylic acids is 1. The molecule has 0 aromatic rings. The Morgan fingerprint density at radius 2 is 1.94 bits per heavy atom. The van der Waals surface area contributed by atoms with Crippen LogP contribution in [-0.2, 0) is 4.79 Å². The van der Waals surface area contributed by atoms with E-state index in [1.807, 2.05) is 6.92 Å². The monoisotopic (exact) mass is 240 g/mol. The van der Waals surface area contributed by atoms with Crippen molar-refractivity contribution in [3.05, 3.63) is 4.91 Å². The molecule has 2 bridgehead atoms. The van der Waals surface area contributed by atoms with Crippen LogP contribution in [0.5, 0.6) is 0 Å². The maximum Gasteiger partial charge on any atom is 0.325 e. The maximum absolute atomic E-state index is 11.0. The minimum Gasteiger partial charge on any atom is -0.480 e. The third-order valence-corrected chi connectivity index (χ3v) is 5.47. The van der Waals surface area contributed by atoms with Gasteiger partial charge in [0, 0.05) is 0 Å². The SMILES string of the molecule is CC1(C)C2CCC(C2)C1(C)N(CC(=O)O)N=O. The lowest BCUT2D eigenvalue weighted by Gasteiger charge is -2.51. The van der Waals surface area contributed by atoms with Crippen molar-refractivity contribution in [1.82, 2.24) is 5.01 Å². The standard InChI is InChI=1S/C12H20N2O3/c1-11(2)8-4-5-9(6-8)12(11,3)14(13-17)7-10(15)16/h8-9H,4-7H2,1-3H3,(H,15,16). The van der Waals surface area contributed by atoms with Gasteiger partial charge in [0.05, 0.1) is 10.8 Å². The quantitative estimate of drug-likeness (QED) is 0.604. The first-order valence-corrected chi connectivity index (χ1v) is 6.16. The van der Waals surface area contributed by atoms with Crippen molar-refractivity contribution in [2.24, 2.45) is 22.5 Å². The molecule has 2 saturated carbocycles. The van der Waals surface area contributed by atoms with E-state index in [0.717, 1.165) is 12.8 Å². The molecule has 0 aromatic carbocycles. The molecule has 2 aliphatic carbocycles. The highest BCUT2D eigenvalue weighted by atomic mass is 16.4. The number of rotatable bonds is 4. The van der Waals surface area contributed by atoms with Gasteiger partial charge in [-0.25, -0.2) is 5.01 Å². The molecule has 0 amide bonds. The summed E-state index contributed by atoms with van der Waals surface area (Å²) in [6.45, 7) is 5.97. The van der Waals surface area contributed by atoms with Gasteiger partial charge in [-0.3, -0.25) is 4.79 Å². The average molecular weight is 240 g/mol. The fourth-order valence-electron chi connectivity index (χ4n) is 4.04. The molecule has 0 radical (unpaired) electrons. The molecule has 0 aliphatic heterocycles. The Balaban J connectivity index is 2.33. The van der Waals surface area contributed by atoms with E-state index in [-0.39, 0.29) is 12.0 Å². The predicted molar refractivity (Wildman–Crippen MR) is 63.2 cm³/mol. The Morgan fingerprint density at radius 3 is 2.35 bits per heavy atom. The number of hydrogen-bond acceptors (Lipinski definition) is 3. The van der Waals surface area contributed by atoms with Gasteiger partial charge in [0.15, 0.2) is 0 Å². The van der Waals surface area contributed by atoms with Gasteiger partial charge in [-0.15, -0.1) is 4.91 Å². The van der Waals surface area contributed by atoms with Crippen molar-refractivity contribution in [3.8, 4) is 0 Å². The van der Waals surface area contributed by atoms with Crippen LogP contribution < -0.4 is 0 Å². The van der Waals surface area contributed by atoms with Gasteiger partial charge in [-0.2, -0.15) is 0 Å². The molecule has 2 rings (SSSR count).